The van der Waals surface area contributed by atoms with Crippen LogP contribution in [0.1, 0.15) is 35.7 Å². The van der Waals surface area contributed by atoms with Crippen molar-refractivity contribution in [3.05, 3.63) is 71.9 Å². The lowest BCUT2D eigenvalue weighted by atomic mass is 9.94. The predicted molar refractivity (Wildman–Crippen MR) is 112 cm³/mol. The minimum atomic E-state index is -0.175. The van der Waals surface area contributed by atoms with E-state index in [1.165, 1.54) is 0 Å². The lowest BCUT2D eigenvalue weighted by molar-refractivity contribution is -0.344. The number of fused-ring (bicyclic) bond motifs is 1. The second-order valence-electron chi connectivity index (χ2n) is 7.33. The molecule has 1 aliphatic rings. The molecule has 1 atom stereocenters. The quantitative estimate of drug-likeness (QED) is 0.494. The first-order chi connectivity index (χ1) is 14.2. The Kier molecular flexibility index (Phi) is 5.56. The van der Waals surface area contributed by atoms with E-state index < -0.39 is 0 Å². The summed E-state index contributed by atoms with van der Waals surface area (Å²) >= 11 is 0. The van der Waals surface area contributed by atoms with E-state index >= 15 is 0 Å². The van der Waals surface area contributed by atoms with E-state index in [2.05, 4.69) is 9.88 Å². The number of benzene rings is 2. The van der Waals surface area contributed by atoms with Gasteiger partial charge in [0.25, 0.3) is 0 Å². The topological polar surface area (TPSA) is 60.8 Å². The van der Waals surface area contributed by atoms with Crippen molar-refractivity contribution in [2.75, 3.05) is 24.6 Å². The highest BCUT2D eigenvalue weighted by Crippen LogP contribution is 2.33. The fraction of sp³-hybridized carbons (Fsp3) is 0.292. The number of carbonyl (C=O) groups is 2. The Labute approximate surface area is 170 Å². The van der Waals surface area contributed by atoms with Gasteiger partial charge in [-0.05, 0) is 25.8 Å². The van der Waals surface area contributed by atoms with Crippen molar-refractivity contribution in [3.8, 4) is 0 Å². The van der Waals surface area contributed by atoms with Crippen LogP contribution in [0.3, 0.4) is 0 Å². The molecule has 1 saturated heterocycles. The standard InChI is InChI=1S/C24H24N2O3/c1-2-29-24(28)18-11-8-14-26(16-18)22-19-12-6-7-13-21(19)25-15-20(22)23(27)17-9-4-3-5-10-17/h3-7,9-10,12-13,15,18H,2,8,11,14,16H2,1H3/p+1/t18-/m0/s1. The van der Waals surface area contributed by atoms with Crippen molar-refractivity contribution >= 4 is 28.3 Å². The summed E-state index contributed by atoms with van der Waals surface area (Å²) in [6.07, 6.45) is 3.49. The number of esters is 1. The third-order valence-corrected chi connectivity index (χ3v) is 5.45. The highest BCUT2D eigenvalue weighted by Gasteiger charge is 2.31. The van der Waals surface area contributed by atoms with Crippen LogP contribution in [0.25, 0.3) is 10.9 Å². The summed E-state index contributed by atoms with van der Waals surface area (Å²) < 4.78 is 5.26. The van der Waals surface area contributed by atoms with Crippen LogP contribution in [0.4, 0.5) is 5.69 Å². The largest absolute Gasteiger partial charge is 0.466 e. The third-order valence-electron chi connectivity index (χ3n) is 5.45. The van der Waals surface area contributed by atoms with Crippen LogP contribution >= 0.6 is 0 Å². The number of hydrogen-bond donors (Lipinski definition) is 0. The fourth-order valence-electron chi connectivity index (χ4n) is 4.07. The number of piperidine rings is 1. The summed E-state index contributed by atoms with van der Waals surface area (Å²) in [7, 11) is 0. The lowest BCUT2D eigenvalue weighted by Crippen LogP contribution is -2.40. The lowest BCUT2D eigenvalue weighted by Gasteiger charge is -2.34. The Bertz CT molecular complexity index is 1030. The van der Waals surface area contributed by atoms with Crippen molar-refractivity contribution < 1.29 is 19.3 Å². The molecule has 1 aromatic heterocycles. The van der Waals surface area contributed by atoms with Gasteiger partial charge in [0.1, 0.15) is 5.56 Å². The molecule has 0 unspecified atom stereocenters. The van der Waals surface area contributed by atoms with Crippen LogP contribution < -0.4 is 9.88 Å². The minimum absolute atomic E-state index is 0.0270. The Morgan fingerprint density at radius 3 is 2.66 bits per heavy atom. The molecule has 0 aliphatic carbocycles. The summed E-state index contributed by atoms with van der Waals surface area (Å²) in [6, 6.07) is 17.3. The highest BCUT2D eigenvalue weighted by molar-refractivity contribution is 6.15. The van der Waals surface area contributed by atoms with E-state index in [9.17, 15) is 9.59 Å². The van der Waals surface area contributed by atoms with Crippen LogP contribution in [-0.2, 0) is 9.53 Å². The van der Waals surface area contributed by atoms with E-state index in [4.69, 9.17) is 4.74 Å². The van der Waals surface area contributed by atoms with Crippen molar-refractivity contribution in [1.29, 1.82) is 0 Å². The number of carbonyl (C=O) groups excluding carboxylic acids is 2. The fourth-order valence-corrected chi connectivity index (χ4v) is 4.07. The van der Waals surface area contributed by atoms with E-state index in [0.717, 1.165) is 36.0 Å². The number of anilines is 1. The first-order valence-corrected chi connectivity index (χ1v) is 10.1. The van der Waals surface area contributed by atoms with Crippen LogP contribution in [0.15, 0.2) is 60.8 Å². The number of para-hydroxylation sites is 1. The van der Waals surface area contributed by atoms with Crippen molar-refractivity contribution in [3.63, 3.8) is 0 Å². The van der Waals surface area contributed by atoms with E-state index in [-0.39, 0.29) is 17.7 Å². The molecule has 29 heavy (non-hydrogen) atoms. The van der Waals surface area contributed by atoms with Crippen LogP contribution in [0.5, 0.6) is 0 Å². The summed E-state index contributed by atoms with van der Waals surface area (Å²) in [5.41, 5.74) is 3.13. The number of aromatic amines is 1. The third kappa shape index (κ3) is 3.86. The average Bonchev–Trinajstić information content (AvgIpc) is 2.78. The zero-order valence-corrected chi connectivity index (χ0v) is 16.6. The molecular formula is C24H25N2O3+. The Morgan fingerprint density at radius 2 is 1.86 bits per heavy atom. The molecule has 148 valence electrons. The molecule has 2 aromatic carbocycles. The molecule has 1 fully saturated rings. The number of rotatable bonds is 5. The molecule has 0 amide bonds. The number of pyridine rings is 1. The Hall–Kier alpha value is -3.21. The maximum absolute atomic E-state index is 13.3. The van der Waals surface area contributed by atoms with Crippen LogP contribution in [-0.4, -0.2) is 31.4 Å². The Balaban J connectivity index is 1.79. The summed E-state index contributed by atoms with van der Waals surface area (Å²) in [4.78, 5) is 31.1. The maximum atomic E-state index is 13.3. The van der Waals surface area contributed by atoms with Gasteiger partial charge in [-0.2, -0.15) is 0 Å². The summed E-state index contributed by atoms with van der Waals surface area (Å²) in [5.74, 6) is -0.355. The maximum Gasteiger partial charge on any atom is 0.310 e. The van der Waals surface area contributed by atoms with Gasteiger partial charge < -0.3 is 9.64 Å². The van der Waals surface area contributed by atoms with Gasteiger partial charge in [0.05, 0.1) is 23.6 Å². The van der Waals surface area contributed by atoms with Gasteiger partial charge in [0, 0.05) is 24.7 Å². The number of hydrogen-bond acceptors (Lipinski definition) is 4. The molecule has 1 N–H and O–H groups in total. The number of H-pyrrole nitrogens is 1. The van der Waals surface area contributed by atoms with E-state index in [1.807, 2.05) is 61.5 Å². The normalized spacial score (nSPS) is 16.6. The van der Waals surface area contributed by atoms with Crippen molar-refractivity contribution in [2.24, 2.45) is 5.92 Å². The Morgan fingerprint density at radius 1 is 1.10 bits per heavy atom. The molecule has 0 spiro atoms. The molecule has 3 aromatic rings. The van der Waals surface area contributed by atoms with Crippen molar-refractivity contribution in [2.45, 2.75) is 19.8 Å². The minimum Gasteiger partial charge on any atom is -0.466 e. The zero-order valence-electron chi connectivity index (χ0n) is 16.6. The number of aromatic nitrogens is 1. The monoisotopic (exact) mass is 389 g/mol. The van der Waals surface area contributed by atoms with E-state index in [0.29, 0.717) is 24.3 Å². The van der Waals surface area contributed by atoms with Crippen LogP contribution in [0.2, 0.25) is 0 Å². The summed E-state index contributed by atoms with van der Waals surface area (Å²) in [6.45, 7) is 3.58. The van der Waals surface area contributed by atoms with Gasteiger partial charge >= 0.3 is 5.97 Å². The summed E-state index contributed by atoms with van der Waals surface area (Å²) in [5, 5.41) is 0.985. The predicted octanol–water partition coefficient (Wildman–Crippen LogP) is 3.66. The number of ketones is 1. The molecule has 0 radical (unpaired) electrons. The SMILES string of the molecule is CCOC(=O)[C@H]1CCCN(c2c(C(=O)c3ccccc3)c[nH+]c3ccccc23)C1. The molecule has 4 rings (SSSR count). The first kappa shape index (κ1) is 19.1. The number of nitrogens with zero attached hydrogens (tertiary/aromatic N) is 1. The van der Waals surface area contributed by atoms with Gasteiger partial charge in [-0.15, -0.1) is 0 Å². The average molecular weight is 389 g/mol. The molecule has 0 bridgehead atoms. The molecular weight excluding hydrogens is 364 g/mol. The second kappa shape index (κ2) is 8.43. The van der Waals surface area contributed by atoms with Gasteiger partial charge in [0.15, 0.2) is 6.20 Å². The van der Waals surface area contributed by atoms with Gasteiger partial charge in [-0.25, -0.2) is 4.98 Å². The van der Waals surface area contributed by atoms with Crippen molar-refractivity contribution in [1.82, 2.24) is 0 Å². The molecule has 0 saturated carbocycles. The van der Waals surface area contributed by atoms with E-state index in [1.54, 1.807) is 6.20 Å². The second-order valence-corrected chi connectivity index (χ2v) is 7.33. The molecule has 5 nitrogen and oxygen atoms in total. The molecule has 5 heteroatoms. The molecule has 2 heterocycles. The highest BCUT2D eigenvalue weighted by atomic mass is 16.5. The molecule has 1 aliphatic heterocycles. The zero-order chi connectivity index (χ0) is 20.2. The van der Waals surface area contributed by atoms with Crippen LogP contribution in [0, 0.1) is 5.92 Å². The first-order valence-electron chi connectivity index (χ1n) is 10.1. The van der Waals surface area contributed by atoms with Gasteiger partial charge in [-0.3, -0.25) is 9.59 Å². The van der Waals surface area contributed by atoms with Gasteiger partial charge in [-0.1, -0.05) is 42.5 Å². The van der Waals surface area contributed by atoms with Gasteiger partial charge in [0.2, 0.25) is 11.3 Å². The number of ether oxygens (including phenoxy) is 1. The smallest absolute Gasteiger partial charge is 0.310 e. The number of nitrogens with one attached hydrogen (secondary N) is 1.